The van der Waals surface area contributed by atoms with E-state index in [-0.39, 0.29) is 17.3 Å². The molecule has 0 bridgehead atoms. The second kappa shape index (κ2) is 5.58. The molecule has 0 aliphatic rings. The minimum absolute atomic E-state index is 0.120. The minimum atomic E-state index is -0.392. The molecule has 17 heavy (non-hydrogen) atoms. The zero-order chi connectivity index (χ0) is 13.1. The van der Waals surface area contributed by atoms with E-state index in [0.29, 0.717) is 5.56 Å². The molecule has 1 N–H and O–H groups in total. The molecule has 0 radical (unpaired) electrons. The van der Waals surface area contributed by atoms with E-state index in [4.69, 9.17) is 0 Å². The van der Waals surface area contributed by atoms with Crippen molar-refractivity contribution in [3.8, 4) is 0 Å². The van der Waals surface area contributed by atoms with Gasteiger partial charge < -0.3 is 5.32 Å². The van der Waals surface area contributed by atoms with E-state index in [2.05, 4.69) is 26.1 Å². The highest BCUT2D eigenvalue weighted by molar-refractivity contribution is 5.24. The lowest BCUT2D eigenvalue weighted by molar-refractivity contribution is 0.232. The summed E-state index contributed by atoms with van der Waals surface area (Å²) in [5.41, 5.74) is 0.295. The first kappa shape index (κ1) is 14.1. The lowest BCUT2D eigenvalue weighted by atomic mass is 9.78. The zero-order valence-electron chi connectivity index (χ0n) is 11.0. The van der Waals surface area contributed by atoms with E-state index in [1.165, 1.54) is 12.1 Å². The maximum atomic E-state index is 13.8. The van der Waals surface area contributed by atoms with Crippen LogP contribution in [0.1, 0.15) is 45.7 Å². The van der Waals surface area contributed by atoms with Gasteiger partial charge in [-0.25, -0.2) is 8.78 Å². The molecule has 3 heteroatoms. The second-order valence-electron chi connectivity index (χ2n) is 5.00. The van der Waals surface area contributed by atoms with Crippen LogP contribution >= 0.6 is 0 Å². The first-order valence-electron chi connectivity index (χ1n) is 6.10. The van der Waals surface area contributed by atoms with E-state index in [9.17, 15) is 8.78 Å². The van der Waals surface area contributed by atoms with Gasteiger partial charge in [0.15, 0.2) is 0 Å². The summed E-state index contributed by atoms with van der Waals surface area (Å²) in [6.07, 6.45) is 0.890. The number of benzene rings is 1. The van der Waals surface area contributed by atoms with E-state index in [0.717, 1.165) is 19.0 Å². The molecule has 1 aromatic carbocycles. The molecule has 0 aliphatic carbocycles. The van der Waals surface area contributed by atoms with Crippen LogP contribution in [-0.2, 0) is 0 Å². The summed E-state index contributed by atoms with van der Waals surface area (Å²) in [5, 5.41) is 3.25. The second-order valence-corrected chi connectivity index (χ2v) is 5.00. The summed E-state index contributed by atoms with van der Waals surface area (Å²) in [6.45, 7) is 8.87. The number of rotatable bonds is 5. The molecule has 1 unspecified atom stereocenters. The van der Waals surface area contributed by atoms with Crippen molar-refractivity contribution < 1.29 is 8.78 Å². The third-order valence-electron chi connectivity index (χ3n) is 3.37. The predicted octanol–water partition coefficient (Wildman–Crippen LogP) is 4.05. The van der Waals surface area contributed by atoms with Gasteiger partial charge in [0.2, 0.25) is 0 Å². The fourth-order valence-electron chi connectivity index (χ4n) is 1.95. The third kappa shape index (κ3) is 3.25. The van der Waals surface area contributed by atoms with Crippen LogP contribution in [0, 0.1) is 17.0 Å². The van der Waals surface area contributed by atoms with Crippen LogP contribution in [0.5, 0.6) is 0 Å². The monoisotopic (exact) mass is 241 g/mol. The summed E-state index contributed by atoms with van der Waals surface area (Å²) < 4.78 is 27.0. The van der Waals surface area contributed by atoms with Crippen molar-refractivity contribution in [3.05, 3.63) is 35.4 Å². The van der Waals surface area contributed by atoms with Crippen LogP contribution in [0.3, 0.4) is 0 Å². The minimum Gasteiger partial charge on any atom is -0.310 e. The molecular weight excluding hydrogens is 220 g/mol. The molecule has 0 aromatic heterocycles. The number of halogens is 2. The highest BCUT2D eigenvalue weighted by Crippen LogP contribution is 2.37. The summed E-state index contributed by atoms with van der Waals surface area (Å²) in [4.78, 5) is 0. The van der Waals surface area contributed by atoms with Gasteiger partial charge in [0, 0.05) is 11.6 Å². The van der Waals surface area contributed by atoms with Crippen LogP contribution in [0.4, 0.5) is 8.78 Å². The maximum absolute atomic E-state index is 13.8. The molecule has 0 heterocycles. The molecule has 0 saturated carbocycles. The van der Waals surface area contributed by atoms with Gasteiger partial charge in [-0.15, -0.1) is 0 Å². The summed E-state index contributed by atoms with van der Waals surface area (Å²) in [6, 6.07) is 3.47. The summed E-state index contributed by atoms with van der Waals surface area (Å²) in [7, 11) is 0. The number of hydrogen-bond donors (Lipinski definition) is 1. The van der Waals surface area contributed by atoms with Crippen LogP contribution in [0.2, 0.25) is 0 Å². The van der Waals surface area contributed by atoms with Crippen molar-refractivity contribution in [2.24, 2.45) is 5.41 Å². The van der Waals surface area contributed by atoms with Crippen molar-refractivity contribution in [1.29, 1.82) is 0 Å². The van der Waals surface area contributed by atoms with Gasteiger partial charge in [-0.2, -0.15) is 0 Å². The van der Waals surface area contributed by atoms with Crippen molar-refractivity contribution >= 4 is 0 Å². The van der Waals surface area contributed by atoms with E-state index in [1.807, 2.05) is 6.92 Å². The van der Waals surface area contributed by atoms with Crippen LogP contribution in [0.15, 0.2) is 18.2 Å². The molecule has 1 rings (SSSR count). The SMILES string of the molecule is CCNC(c1cc(F)ccc1F)C(C)(C)CC. The lowest BCUT2D eigenvalue weighted by Gasteiger charge is -2.34. The molecule has 1 nitrogen and oxygen atoms in total. The van der Waals surface area contributed by atoms with E-state index < -0.39 is 5.82 Å². The average Bonchev–Trinajstić information content (AvgIpc) is 2.29. The Morgan fingerprint density at radius 1 is 1.24 bits per heavy atom. The predicted molar refractivity (Wildman–Crippen MR) is 66.8 cm³/mol. The topological polar surface area (TPSA) is 12.0 Å². The standard InChI is InChI=1S/C14H21F2N/c1-5-14(3,4)13(17-6-2)11-9-10(15)7-8-12(11)16/h7-9,13,17H,5-6H2,1-4H3. The van der Waals surface area contributed by atoms with E-state index >= 15 is 0 Å². The van der Waals surface area contributed by atoms with Crippen molar-refractivity contribution in [2.45, 2.75) is 40.2 Å². The van der Waals surface area contributed by atoms with Crippen molar-refractivity contribution in [3.63, 3.8) is 0 Å². The van der Waals surface area contributed by atoms with E-state index in [1.54, 1.807) is 0 Å². The Morgan fingerprint density at radius 3 is 2.41 bits per heavy atom. The Morgan fingerprint density at radius 2 is 1.88 bits per heavy atom. The first-order valence-corrected chi connectivity index (χ1v) is 6.10. The van der Waals surface area contributed by atoms with Gasteiger partial charge in [0.1, 0.15) is 11.6 Å². The van der Waals surface area contributed by atoms with Crippen LogP contribution in [-0.4, -0.2) is 6.54 Å². The quantitative estimate of drug-likeness (QED) is 0.820. The molecule has 1 aromatic rings. The molecule has 96 valence electrons. The van der Waals surface area contributed by atoms with Crippen molar-refractivity contribution in [1.82, 2.24) is 5.32 Å². The van der Waals surface area contributed by atoms with Gasteiger partial charge >= 0.3 is 0 Å². The summed E-state index contributed by atoms with van der Waals surface area (Å²) in [5.74, 6) is -0.741. The highest BCUT2D eigenvalue weighted by atomic mass is 19.1. The molecule has 0 amide bonds. The highest BCUT2D eigenvalue weighted by Gasteiger charge is 2.30. The smallest absolute Gasteiger partial charge is 0.128 e. The Labute approximate surface area is 102 Å². The molecule has 0 aliphatic heterocycles. The van der Waals surface area contributed by atoms with Gasteiger partial charge in [0.05, 0.1) is 0 Å². The third-order valence-corrected chi connectivity index (χ3v) is 3.37. The Kier molecular flexibility index (Phi) is 4.63. The number of hydrogen-bond acceptors (Lipinski definition) is 1. The molecule has 1 atom stereocenters. The van der Waals surface area contributed by atoms with Crippen LogP contribution < -0.4 is 5.32 Å². The molecular formula is C14H21F2N. The lowest BCUT2D eigenvalue weighted by Crippen LogP contribution is -2.34. The van der Waals surface area contributed by atoms with Gasteiger partial charge in [0.25, 0.3) is 0 Å². The Hall–Kier alpha value is -0.960. The molecule has 0 saturated heterocycles. The van der Waals surface area contributed by atoms with Gasteiger partial charge in [-0.3, -0.25) is 0 Å². The average molecular weight is 241 g/mol. The summed E-state index contributed by atoms with van der Waals surface area (Å²) >= 11 is 0. The maximum Gasteiger partial charge on any atom is 0.128 e. The normalized spacial score (nSPS) is 13.8. The Bertz CT molecular complexity index is 374. The largest absolute Gasteiger partial charge is 0.310 e. The van der Waals surface area contributed by atoms with Gasteiger partial charge in [-0.1, -0.05) is 27.7 Å². The molecule has 0 spiro atoms. The first-order chi connectivity index (χ1) is 7.92. The fraction of sp³-hybridized carbons (Fsp3) is 0.571. The number of nitrogens with one attached hydrogen (secondary N) is 1. The fourth-order valence-corrected chi connectivity index (χ4v) is 1.95. The van der Waals surface area contributed by atoms with Crippen LogP contribution in [0.25, 0.3) is 0 Å². The Balaban J connectivity index is 3.17. The van der Waals surface area contributed by atoms with Crippen molar-refractivity contribution in [2.75, 3.05) is 6.54 Å². The molecule has 0 fully saturated rings. The van der Waals surface area contributed by atoms with Gasteiger partial charge in [-0.05, 0) is 36.6 Å². The zero-order valence-corrected chi connectivity index (χ0v) is 11.0.